The van der Waals surface area contributed by atoms with Crippen molar-refractivity contribution in [3.05, 3.63) is 54.3 Å². The highest BCUT2D eigenvalue weighted by Crippen LogP contribution is 2.23. The molecule has 2 aromatic rings. The quantitative estimate of drug-likeness (QED) is 0.633. The van der Waals surface area contributed by atoms with Gasteiger partial charge in [0.1, 0.15) is 5.75 Å². The lowest BCUT2D eigenvalue weighted by atomic mass is 10.1. The van der Waals surface area contributed by atoms with Gasteiger partial charge in [0.15, 0.2) is 0 Å². The molecule has 0 saturated heterocycles. The highest BCUT2D eigenvalue weighted by atomic mass is 16.5. The number of fused-ring (bicyclic) bond motifs is 1. The molecule has 1 aromatic carbocycles. The van der Waals surface area contributed by atoms with Crippen molar-refractivity contribution in [1.29, 1.82) is 0 Å². The van der Waals surface area contributed by atoms with Gasteiger partial charge in [0.2, 0.25) is 5.91 Å². The number of hydrogen-bond donors (Lipinski definition) is 2. The predicted molar refractivity (Wildman–Crippen MR) is 85.5 cm³/mol. The smallest absolute Gasteiger partial charge is 0.243 e. The largest absolute Gasteiger partial charge is 0.497 e. The molecular formula is C17H20N2O2. The Hall–Kier alpha value is -2.49. The second-order valence-corrected chi connectivity index (χ2v) is 4.65. The zero-order valence-electron chi connectivity index (χ0n) is 12.3. The fourth-order valence-corrected chi connectivity index (χ4v) is 2.12. The molecule has 21 heavy (non-hydrogen) atoms. The number of rotatable bonds is 6. The molecule has 0 aliphatic carbocycles. The van der Waals surface area contributed by atoms with Gasteiger partial charge in [-0.1, -0.05) is 18.2 Å². The number of carbonyl (C=O) groups is 1. The highest BCUT2D eigenvalue weighted by Gasteiger charge is 2.05. The van der Waals surface area contributed by atoms with Gasteiger partial charge in [-0.15, -0.1) is 0 Å². The third-order valence-corrected chi connectivity index (χ3v) is 3.22. The van der Waals surface area contributed by atoms with Crippen LogP contribution in [-0.4, -0.2) is 24.5 Å². The first-order valence-electron chi connectivity index (χ1n) is 6.96. The maximum atomic E-state index is 11.6. The van der Waals surface area contributed by atoms with Gasteiger partial charge >= 0.3 is 0 Å². The summed E-state index contributed by atoms with van der Waals surface area (Å²) in [5, 5.41) is 4.00. The van der Waals surface area contributed by atoms with E-state index in [9.17, 15) is 4.79 Å². The van der Waals surface area contributed by atoms with Crippen molar-refractivity contribution < 1.29 is 9.53 Å². The van der Waals surface area contributed by atoms with Gasteiger partial charge in [-0.3, -0.25) is 4.79 Å². The first-order valence-corrected chi connectivity index (χ1v) is 6.96. The molecule has 4 nitrogen and oxygen atoms in total. The Morgan fingerprint density at radius 1 is 1.38 bits per heavy atom. The Morgan fingerprint density at radius 3 is 3.00 bits per heavy atom. The van der Waals surface area contributed by atoms with E-state index in [2.05, 4.69) is 10.3 Å². The van der Waals surface area contributed by atoms with E-state index in [0.717, 1.165) is 23.1 Å². The van der Waals surface area contributed by atoms with E-state index in [1.165, 1.54) is 11.6 Å². The molecule has 2 N–H and O–H groups in total. The number of allylic oxidation sites excluding steroid dienone is 3. The van der Waals surface area contributed by atoms with E-state index >= 15 is 0 Å². The van der Waals surface area contributed by atoms with Crippen LogP contribution in [0.15, 0.2) is 48.7 Å². The maximum Gasteiger partial charge on any atom is 0.243 e. The summed E-state index contributed by atoms with van der Waals surface area (Å²) in [6, 6.07) is 5.93. The number of carbonyl (C=O) groups excluding carboxylic acids is 1. The summed E-state index contributed by atoms with van der Waals surface area (Å²) in [6.07, 6.45) is 9.71. The van der Waals surface area contributed by atoms with Gasteiger partial charge in [-0.2, -0.15) is 0 Å². The molecule has 1 aromatic heterocycles. The monoisotopic (exact) mass is 284 g/mol. The maximum absolute atomic E-state index is 11.6. The third-order valence-electron chi connectivity index (χ3n) is 3.22. The summed E-state index contributed by atoms with van der Waals surface area (Å²) in [5.41, 5.74) is 2.24. The second-order valence-electron chi connectivity index (χ2n) is 4.65. The summed E-state index contributed by atoms with van der Waals surface area (Å²) in [5.74, 6) is 0.757. The molecule has 0 radical (unpaired) electrons. The van der Waals surface area contributed by atoms with Crippen LogP contribution in [0.3, 0.4) is 0 Å². The number of aromatic amines is 1. The van der Waals surface area contributed by atoms with Gasteiger partial charge in [-0.05, 0) is 37.1 Å². The molecule has 2 rings (SSSR count). The molecule has 4 heteroatoms. The summed E-state index contributed by atoms with van der Waals surface area (Å²) < 4.78 is 5.25. The molecule has 0 saturated carbocycles. The van der Waals surface area contributed by atoms with Crippen LogP contribution in [0.2, 0.25) is 0 Å². The Kier molecular flexibility index (Phi) is 5.21. The first-order chi connectivity index (χ1) is 10.2. The van der Waals surface area contributed by atoms with Gasteiger partial charge in [0, 0.05) is 29.7 Å². The average molecular weight is 284 g/mol. The van der Waals surface area contributed by atoms with Crippen molar-refractivity contribution in [3.63, 3.8) is 0 Å². The summed E-state index contributed by atoms with van der Waals surface area (Å²) in [6.45, 7) is 2.51. The van der Waals surface area contributed by atoms with Crippen LogP contribution in [0.1, 0.15) is 12.5 Å². The number of nitrogens with one attached hydrogen (secondary N) is 2. The van der Waals surface area contributed by atoms with E-state index in [1.54, 1.807) is 13.2 Å². The summed E-state index contributed by atoms with van der Waals surface area (Å²) >= 11 is 0. The number of aromatic nitrogens is 1. The van der Waals surface area contributed by atoms with Gasteiger partial charge < -0.3 is 15.0 Å². The van der Waals surface area contributed by atoms with Crippen LogP contribution >= 0.6 is 0 Å². The second kappa shape index (κ2) is 7.33. The number of amides is 1. The lowest BCUT2D eigenvalue weighted by Crippen LogP contribution is -2.23. The van der Waals surface area contributed by atoms with Crippen molar-refractivity contribution >= 4 is 16.8 Å². The van der Waals surface area contributed by atoms with Crippen LogP contribution in [0.25, 0.3) is 10.9 Å². The summed E-state index contributed by atoms with van der Waals surface area (Å²) in [4.78, 5) is 14.8. The molecule has 0 fully saturated rings. The Bertz CT molecular complexity index is 668. The third kappa shape index (κ3) is 3.99. The minimum Gasteiger partial charge on any atom is -0.497 e. The number of hydrogen-bond acceptors (Lipinski definition) is 2. The van der Waals surface area contributed by atoms with Crippen LogP contribution in [0.4, 0.5) is 0 Å². The molecule has 1 amide bonds. The van der Waals surface area contributed by atoms with E-state index in [0.29, 0.717) is 6.54 Å². The molecule has 0 atom stereocenters. The Balaban J connectivity index is 1.96. The van der Waals surface area contributed by atoms with Crippen LogP contribution in [-0.2, 0) is 11.2 Å². The molecule has 0 bridgehead atoms. The van der Waals surface area contributed by atoms with Crippen molar-refractivity contribution in [2.45, 2.75) is 13.3 Å². The van der Waals surface area contributed by atoms with E-state index in [1.807, 2.05) is 43.5 Å². The molecule has 110 valence electrons. The number of benzene rings is 1. The van der Waals surface area contributed by atoms with Crippen molar-refractivity contribution in [2.75, 3.05) is 13.7 Å². The van der Waals surface area contributed by atoms with Crippen LogP contribution < -0.4 is 10.1 Å². The van der Waals surface area contributed by atoms with Gasteiger partial charge in [-0.25, -0.2) is 0 Å². The van der Waals surface area contributed by atoms with Crippen molar-refractivity contribution in [2.24, 2.45) is 0 Å². The lowest BCUT2D eigenvalue weighted by Gasteiger charge is -2.03. The van der Waals surface area contributed by atoms with Crippen molar-refractivity contribution in [3.8, 4) is 5.75 Å². The van der Waals surface area contributed by atoms with Gasteiger partial charge in [0.05, 0.1) is 7.11 Å². The van der Waals surface area contributed by atoms with Crippen LogP contribution in [0.5, 0.6) is 5.75 Å². The Labute approximate surface area is 124 Å². The highest BCUT2D eigenvalue weighted by molar-refractivity contribution is 5.88. The minimum absolute atomic E-state index is 0.0782. The predicted octanol–water partition coefficient (Wildman–Crippen LogP) is 2.97. The number of H-pyrrole nitrogens is 1. The first kappa shape index (κ1) is 14.9. The molecule has 0 aliphatic heterocycles. The fraction of sp³-hybridized carbons (Fsp3) is 0.235. The van der Waals surface area contributed by atoms with E-state index in [4.69, 9.17) is 4.74 Å². The average Bonchev–Trinajstić information content (AvgIpc) is 2.90. The minimum atomic E-state index is -0.0782. The van der Waals surface area contributed by atoms with Crippen LogP contribution in [0, 0.1) is 0 Å². The van der Waals surface area contributed by atoms with Crippen molar-refractivity contribution in [1.82, 2.24) is 10.3 Å². The van der Waals surface area contributed by atoms with Gasteiger partial charge in [0.25, 0.3) is 0 Å². The number of methoxy groups -OCH3 is 1. The topological polar surface area (TPSA) is 54.1 Å². The summed E-state index contributed by atoms with van der Waals surface area (Å²) in [7, 11) is 1.66. The SMILES string of the molecule is C/C=C/C=C\C(=O)NCCc1c[nH]c2ccc(OC)cc12. The Morgan fingerprint density at radius 2 is 2.24 bits per heavy atom. The molecule has 0 spiro atoms. The fourth-order valence-electron chi connectivity index (χ4n) is 2.12. The molecule has 0 unspecified atom stereocenters. The normalized spacial score (nSPS) is 11.5. The number of ether oxygens (including phenoxy) is 1. The van der Waals surface area contributed by atoms with E-state index < -0.39 is 0 Å². The standard InChI is InChI=1S/C17H20N2O2/c1-3-4-5-6-17(20)18-10-9-13-12-19-16-8-7-14(21-2)11-15(13)16/h3-8,11-12,19H,9-10H2,1-2H3,(H,18,20)/b4-3+,6-5-. The van der Waals surface area contributed by atoms with E-state index in [-0.39, 0.29) is 5.91 Å². The molecule has 1 heterocycles. The molecular weight excluding hydrogens is 264 g/mol. The zero-order chi connectivity index (χ0) is 15.1. The lowest BCUT2D eigenvalue weighted by molar-refractivity contribution is -0.116. The molecule has 0 aliphatic rings. The zero-order valence-corrected chi connectivity index (χ0v) is 12.3.